The van der Waals surface area contributed by atoms with Crippen LogP contribution in [0.1, 0.15) is 11.1 Å². The van der Waals surface area contributed by atoms with Crippen LogP contribution in [-0.4, -0.2) is 11.0 Å². The molecule has 0 radical (unpaired) electrons. The number of hydrogen-bond donors (Lipinski definition) is 2. The predicted octanol–water partition coefficient (Wildman–Crippen LogP) is 3.32. The van der Waals surface area contributed by atoms with Gasteiger partial charge in [0.05, 0.1) is 0 Å². The molecule has 0 aliphatic carbocycles. The van der Waals surface area contributed by atoms with E-state index in [0.29, 0.717) is 5.82 Å². The molecule has 4 nitrogen and oxygen atoms in total. The van der Waals surface area contributed by atoms with Gasteiger partial charge in [-0.15, -0.1) is 0 Å². The molecule has 0 atom stereocenters. The summed E-state index contributed by atoms with van der Waals surface area (Å²) in [5.41, 5.74) is 1.67. The Labute approximate surface area is 116 Å². The minimum Gasteiger partial charge on any atom is -0.314 e. The van der Waals surface area contributed by atoms with Crippen LogP contribution in [0.4, 0.5) is 15.0 Å². The number of aromatic nitrogens is 1. The lowest BCUT2D eigenvalue weighted by molar-refractivity contribution is 0.255. The molecule has 1 aromatic carbocycles. The van der Waals surface area contributed by atoms with Crippen LogP contribution in [0.3, 0.4) is 0 Å². The van der Waals surface area contributed by atoms with Crippen LogP contribution < -0.4 is 10.6 Å². The van der Waals surface area contributed by atoms with Crippen molar-refractivity contribution in [3.05, 3.63) is 65.7 Å². The fourth-order valence-corrected chi connectivity index (χ4v) is 1.55. The number of nitrogens with one attached hydrogen (secondary N) is 2. The first-order chi connectivity index (χ1) is 9.65. The molecule has 0 spiro atoms. The molecule has 20 heavy (non-hydrogen) atoms. The van der Waals surface area contributed by atoms with Crippen LogP contribution in [0.5, 0.6) is 0 Å². The number of rotatable bonds is 3. The second-order valence-corrected chi connectivity index (χ2v) is 4.15. The zero-order chi connectivity index (χ0) is 14.4. The first-order valence-corrected chi connectivity index (χ1v) is 6.06. The Balaban J connectivity index is 1.89. The lowest BCUT2D eigenvalue weighted by Gasteiger charge is -2.05. The fourth-order valence-electron chi connectivity index (χ4n) is 1.55. The van der Waals surface area contributed by atoms with Crippen molar-refractivity contribution in [1.29, 1.82) is 0 Å². The van der Waals surface area contributed by atoms with Gasteiger partial charge in [0.2, 0.25) is 0 Å². The van der Waals surface area contributed by atoms with E-state index in [9.17, 15) is 9.18 Å². The summed E-state index contributed by atoms with van der Waals surface area (Å²) in [5, 5.41) is 5.19. The van der Waals surface area contributed by atoms with Crippen LogP contribution in [0.2, 0.25) is 0 Å². The number of pyridine rings is 1. The molecule has 2 amide bonds. The molecule has 0 saturated heterocycles. The minimum absolute atomic E-state index is 0.293. The van der Waals surface area contributed by atoms with Crippen molar-refractivity contribution in [3.63, 3.8) is 0 Å². The fraction of sp³-hybridized carbons (Fsp3) is 0.0667. The van der Waals surface area contributed by atoms with Gasteiger partial charge in [0.15, 0.2) is 0 Å². The van der Waals surface area contributed by atoms with E-state index in [1.165, 1.54) is 18.3 Å². The van der Waals surface area contributed by atoms with E-state index in [0.717, 1.165) is 11.1 Å². The first kappa shape index (κ1) is 13.7. The molecule has 0 aliphatic heterocycles. The Bertz CT molecular complexity index is 623. The van der Waals surface area contributed by atoms with Gasteiger partial charge in [0.25, 0.3) is 0 Å². The van der Waals surface area contributed by atoms with Crippen molar-refractivity contribution in [2.24, 2.45) is 0 Å². The summed E-state index contributed by atoms with van der Waals surface area (Å²) in [5.74, 6) is 0.221. The monoisotopic (exact) mass is 271 g/mol. The molecule has 0 bridgehead atoms. The lowest BCUT2D eigenvalue weighted by atomic mass is 10.2. The number of benzene rings is 1. The van der Waals surface area contributed by atoms with Gasteiger partial charge in [-0.3, -0.25) is 5.32 Å². The molecular weight excluding hydrogens is 257 g/mol. The van der Waals surface area contributed by atoms with E-state index in [4.69, 9.17) is 0 Å². The van der Waals surface area contributed by atoms with Gasteiger partial charge in [0.1, 0.15) is 11.6 Å². The molecule has 5 heteroatoms. The van der Waals surface area contributed by atoms with E-state index in [1.54, 1.807) is 30.5 Å². The van der Waals surface area contributed by atoms with Gasteiger partial charge in [-0.25, -0.2) is 14.2 Å². The van der Waals surface area contributed by atoms with Gasteiger partial charge >= 0.3 is 6.03 Å². The third kappa shape index (κ3) is 3.91. The normalized spacial score (nSPS) is 10.5. The highest BCUT2D eigenvalue weighted by atomic mass is 19.1. The smallest absolute Gasteiger partial charge is 0.314 e. The van der Waals surface area contributed by atoms with Crippen molar-refractivity contribution in [1.82, 2.24) is 10.3 Å². The van der Waals surface area contributed by atoms with Gasteiger partial charge in [-0.2, -0.15) is 0 Å². The zero-order valence-corrected chi connectivity index (χ0v) is 10.9. The van der Waals surface area contributed by atoms with Gasteiger partial charge < -0.3 is 5.32 Å². The molecule has 0 saturated carbocycles. The Morgan fingerprint density at radius 2 is 2.00 bits per heavy atom. The molecule has 0 unspecified atom stereocenters. The topological polar surface area (TPSA) is 54.0 Å². The summed E-state index contributed by atoms with van der Waals surface area (Å²) in [4.78, 5) is 15.7. The molecular formula is C15H14FN3O. The Kier molecular flexibility index (Phi) is 4.44. The van der Waals surface area contributed by atoms with Gasteiger partial charge in [-0.1, -0.05) is 18.2 Å². The van der Waals surface area contributed by atoms with E-state index < -0.39 is 0 Å². The maximum Gasteiger partial charge on any atom is 0.324 e. The highest BCUT2D eigenvalue weighted by molar-refractivity contribution is 5.89. The number of urea groups is 1. The molecule has 0 aliphatic rings. The van der Waals surface area contributed by atoms with Gasteiger partial charge in [0, 0.05) is 12.4 Å². The molecule has 2 rings (SSSR count). The Hall–Kier alpha value is -2.69. The SMILES string of the molecule is Cc1cccnc1NC(=O)N/C=C/c1ccc(F)cc1. The van der Waals surface area contributed by atoms with Crippen molar-refractivity contribution in [3.8, 4) is 0 Å². The molecule has 2 aromatic rings. The number of carbonyl (C=O) groups excluding carboxylic acids is 1. The van der Waals surface area contributed by atoms with Gasteiger partial charge in [-0.05, 0) is 42.3 Å². The molecule has 0 fully saturated rings. The average molecular weight is 271 g/mol. The van der Waals surface area contributed by atoms with Crippen molar-refractivity contribution in [2.45, 2.75) is 6.92 Å². The van der Waals surface area contributed by atoms with E-state index in [-0.39, 0.29) is 11.8 Å². The van der Waals surface area contributed by atoms with Crippen LogP contribution >= 0.6 is 0 Å². The summed E-state index contributed by atoms with van der Waals surface area (Å²) in [6.45, 7) is 1.86. The molecule has 1 aromatic heterocycles. The van der Waals surface area contributed by atoms with Crippen molar-refractivity contribution >= 4 is 17.9 Å². The molecule has 2 N–H and O–H groups in total. The van der Waals surface area contributed by atoms with Crippen LogP contribution in [0.15, 0.2) is 48.8 Å². The zero-order valence-electron chi connectivity index (χ0n) is 10.9. The lowest BCUT2D eigenvalue weighted by Crippen LogP contribution is -2.24. The number of anilines is 1. The average Bonchev–Trinajstić information content (AvgIpc) is 2.44. The standard InChI is InChI=1S/C15H14FN3O/c1-11-3-2-9-17-14(11)19-15(20)18-10-8-12-4-6-13(16)7-5-12/h2-10H,1H3,(H2,17,18,19,20)/b10-8+. The third-order valence-electron chi connectivity index (χ3n) is 2.60. The van der Waals surface area contributed by atoms with Crippen LogP contribution in [-0.2, 0) is 0 Å². The number of aryl methyl sites for hydroxylation is 1. The summed E-state index contributed by atoms with van der Waals surface area (Å²) >= 11 is 0. The predicted molar refractivity (Wildman–Crippen MR) is 76.6 cm³/mol. The summed E-state index contributed by atoms with van der Waals surface area (Å²) < 4.78 is 12.7. The Morgan fingerprint density at radius 3 is 2.70 bits per heavy atom. The highest BCUT2D eigenvalue weighted by Crippen LogP contribution is 2.08. The van der Waals surface area contributed by atoms with Crippen molar-refractivity contribution in [2.75, 3.05) is 5.32 Å². The maximum absolute atomic E-state index is 12.7. The number of halogens is 1. The number of hydrogen-bond acceptors (Lipinski definition) is 2. The first-order valence-electron chi connectivity index (χ1n) is 6.06. The van der Waals surface area contributed by atoms with E-state index in [2.05, 4.69) is 15.6 Å². The molecule has 1 heterocycles. The quantitative estimate of drug-likeness (QED) is 0.899. The van der Waals surface area contributed by atoms with Crippen LogP contribution in [0, 0.1) is 12.7 Å². The Morgan fingerprint density at radius 1 is 1.25 bits per heavy atom. The summed E-state index contributed by atoms with van der Waals surface area (Å²) in [6.07, 6.45) is 4.77. The number of amides is 2. The van der Waals surface area contributed by atoms with E-state index >= 15 is 0 Å². The minimum atomic E-state index is -0.384. The number of nitrogens with zero attached hydrogens (tertiary/aromatic N) is 1. The second kappa shape index (κ2) is 6.47. The van der Waals surface area contributed by atoms with Crippen LogP contribution in [0.25, 0.3) is 6.08 Å². The number of carbonyl (C=O) groups is 1. The highest BCUT2D eigenvalue weighted by Gasteiger charge is 2.02. The van der Waals surface area contributed by atoms with E-state index in [1.807, 2.05) is 13.0 Å². The summed E-state index contributed by atoms with van der Waals surface area (Å²) in [7, 11) is 0. The maximum atomic E-state index is 12.7. The largest absolute Gasteiger partial charge is 0.324 e. The third-order valence-corrected chi connectivity index (χ3v) is 2.60. The summed E-state index contributed by atoms with van der Waals surface area (Å²) in [6, 6.07) is 9.23. The second-order valence-electron chi connectivity index (χ2n) is 4.15. The van der Waals surface area contributed by atoms with Crippen molar-refractivity contribution < 1.29 is 9.18 Å². The molecule has 102 valence electrons.